The van der Waals surface area contributed by atoms with Crippen molar-refractivity contribution in [2.75, 3.05) is 17.5 Å². The molecule has 0 aromatic carbocycles. The lowest BCUT2D eigenvalue weighted by Gasteiger charge is -2.15. The second-order valence-electron chi connectivity index (χ2n) is 3.48. The number of pyridine rings is 1. The average Bonchev–Trinajstić information content (AvgIpc) is 2.38. The van der Waals surface area contributed by atoms with Gasteiger partial charge in [-0.05, 0) is 18.1 Å². The van der Waals surface area contributed by atoms with Crippen LogP contribution in [0.1, 0.15) is 12.0 Å². The van der Waals surface area contributed by atoms with Crippen molar-refractivity contribution in [3.05, 3.63) is 28.2 Å². The zero-order chi connectivity index (χ0) is 13.5. The van der Waals surface area contributed by atoms with Gasteiger partial charge in [-0.1, -0.05) is 28.7 Å². The van der Waals surface area contributed by atoms with E-state index in [2.05, 4.69) is 39.0 Å². The van der Waals surface area contributed by atoms with Gasteiger partial charge in [0, 0.05) is 24.7 Å². The molecule has 0 aliphatic rings. The van der Waals surface area contributed by atoms with E-state index in [0.29, 0.717) is 18.3 Å². The third-order valence-electron chi connectivity index (χ3n) is 2.13. The van der Waals surface area contributed by atoms with E-state index < -0.39 is 11.6 Å². The Hall–Kier alpha value is -0.990. The van der Waals surface area contributed by atoms with E-state index in [1.165, 1.54) is 0 Å². The molecule has 0 aliphatic carbocycles. The predicted molar refractivity (Wildman–Crippen MR) is 76.3 cm³/mol. The largest absolute Gasteiger partial charge is 0.396 e. The first-order chi connectivity index (χ1) is 8.60. The first-order valence-corrected chi connectivity index (χ1v) is 6.77. The number of aliphatic hydroxyl groups is 1. The van der Waals surface area contributed by atoms with Gasteiger partial charge in [0.1, 0.15) is 5.69 Å². The minimum absolute atomic E-state index is 0.00743. The van der Waals surface area contributed by atoms with Crippen LogP contribution in [0, 0.1) is 0 Å². The second kappa shape index (κ2) is 7.45. The number of amides is 2. The van der Waals surface area contributed by atoms with E-state index in [0.717, 1.165) is 9.87 Å². The second-order valence-corrected chi connectivity index (χ2v) is 4.44. The smallest absolute Gasteiger partial charge is 0.332 e. The van der Waals surface area contributed by atoms with Crippen LogP contribution >= 0.6 is 28.7 Å². The van der Waals surface area contributed by atoms with E-state index in [9.17, 15) is 9.59 Å². The Kier molecular flexibility index (Phi) is 6.23. The molecule has 0 aliphatic heterocycles. The van der Waals surface area contributed by atoms with Gasteiger partial charge in [0.15, 0.2) is 0 Å². The average molecular weight is 336 g/mol. The van der Waals surface area contributed by atoms with Crippen molar-refractivity contribution in [2.24, 2.45) is 0 Å². The Labute approximate surface area is 118 Å². The Morgan fingerprint density at radius 1 is 1.61 bits per heavy atom. The molecule has 100 valence electrons. The zero-order valence-electron chi connectivity index (χ0n) is 9.52. The van der Waals surface area contributed by atoms with Gasteiger partial charge < -0.3 is 15.4 Å². The van der Waals surface area contributed by atoms with Gasteiger partial charge >= 0.3 is 6.03 Å². The third kappa shape index (κ3) is 4.04. The fraction of sp³-hybridized carbons (Fsp3) is 0.400. The number of aromatic amines is 1. The highest BCUT2D eigenvalue weighted by Crippen LogP contribution is 2.14. The zero-order valence-corrected chi connectivity index (χ0v) is 12.0. The van der Waals surface area contributed by atoms with Crippen molar-refractivity contribution >= 4 is 40.5 Å². The molecule has 18 heavy (non-hydrogen) atoms. The van der Waals surface area contributed by atoms with Crippen LogP contribution in [-0.2, 0) is 5.33 Å². The first kappa shape index (κ1) is 15.1. The number of nitrogens with one attached hydrogen (secondary N) is 2. The number of hydrogen-bond acceptors (Lipinski definition) is 4. The topological polar surface area (TPSA) is 85.4 Å². The first-order valence-electron chi connectivity index (χ1n) is 5.25. The highest BCUT2D eigenvalue weighted by Gasteiger charge is 2.15. The molecule has 0 radical (unpaired) electrons. The van der Waals surface area contributed by atoms with Crippen molar-refractivity contribution in [1.29, 1.82) is 0 Å². The summed E-state index contributed by atoms with van der Waals surface area (Å²) in [5, 5.41) is 11.7. The molecule has 6 nitrogen and oxygen atoms in total. The quantitative estimate of drug-likeness (QED) is 0.368. The molecule has 0 bridgehead atoms. The van der Waals surface area contributed by atoms with Crippen molar-refractivity contribution in [3.63, 3.8) is 0 Å². The molecule has 8 heteroatoms. The number of hydrogen-bond donors (Lipinski definition) is 4. The van der Waals surface area contributed by atoms with Gasteiger partial charge in [0.2, 0.25) is 0 Å². The Bertz CT molecular complexity index is 466. The molecule has 0 spiro atoms. The van der Waals surface area contributed by atoms with Gasteiger partial charge in [-0.25, -0.2) is 9.10 Å². The minimum atomic E-state index is -0.510. The molecule has 1 aromatic heterocycles. The summed E-state index contributed by atoms with van der Waals surface area (Å²) in [6.07, 6.45) is 2.01. The summed E-state index contributed by atoms with van der Waals surface area (Å²) >= 11 is 7.26. The maximum absolute atomic E-state index is 11.7. The van der Waals surface area contributed by atoms with Crippen molar-refractivity contribution in [1.82, 2.24) is 10.3 Å². The standard InChI is InChI=1S/C10H14BrN3O3S/c11-5-7-4-8(9(16)13-6-7)14(18)10(17)12-2-1-3-15/h4,6,15,18H,1-3,5H2,(H,12,17)(H,13,16). The van der Waals surface area contributed by atoms with Gasteiger partial charge in [0.05, 0.1) is 0 Å². The summed E-state index contributed by atoms with van der Waals surface area (Å²) in [6, 6.07) is 1.07. The number of nitrogens with zero attached hydrogens (tertiary/aromatic N) is 1. The lowest BCUT2D eigenvalue weighted by atomic mass is 10.3. The fourth-order valence-electron chi connectivity index (χ4n) is 1.21. The molecular formula is C10H14BrN3O3S. The number of carbonyl (C=O) groups excluding carboxylic acids is 1. The Morgan fingerprint density at radius 3 is 2.94 bits per heavy atom. The predicted octanol–water partition coefficient (Wildman–Crippen LogP) is 1.01. The highest BCUT2D eigenvalue weighted by atomic mass is 79.9. The third-order valence-corrected chi connectivity index (χ3v) is 3.17. The maximum Gasteiger partial charge on any atom is 0.332 e. The summed E-state index contributed by atoms with van der Waals surface area (Å²) in [5.74, 6) is 0. The number of urea groups is 1. The summed E-state index contributed by atoms with van der Waals surface area (Å²) in [6.45, 7) is 0.314. The molecule has 0 unspecified atom stereocenters. The monoisotopic (exact) mass is 335 g/mol. The van der Waals surface area contributed by atoms with Crippen LogP contribution in [0.25, 0.3) is 0 Å². The van der Waals surface area contributed by atoms with Crippen LogP contribution in [0.4, 0.5) is 10.5 Å². The van der Waals surface area contributed by atoms with Crippen LogP contribution in [0.5, 0.6) is 0 Å². The normalized spacial score (nSPS) is 10.2. The number of carbonyl (C=O) groups is 1. The molecular weight excluding hydrogens is 322 g/mol. The summed E-state index contributed by atoms with van der Waals surface area (Å²) in [5.41, 5.74) is 0.579. The van der Waals surface area contributed by atoms with Crippen molar-refractivity contribution < 1.29 is 9.90 Å². The Morgan fingerprint density at radius 2 is 2.33 bits per heavy atom. The van der Waals surface area contributed by atoms with E-state index in [4.69, 9.17) is 5.11 Å². The SMILES string of the molecule is O=C(NCCCO)N(S)c1cc(CBr)c[nH]c1=O. The number of halogens is 1. The van der Waals surface area contributed by atoms with Crippen LogP contribution in [0.3, 0.4) is 0 Å². The molecule has 0 atom stereocenters. The number of H-pyrrole nitrogens is 1. The maximum atomic E-state index is 11.7. The van der Waals surface area contributed by atoms with E-state index in [1.54, 1.807) is 12.3 Å². The molecule has 1 aromatic rings. The van der Waals surface area contributed by atoms with E-state index in [1.807, 2.05) is 0 Å². The number of thiol groups is 1. The number of aliphatic hydroxyl groups excluding tert-OH is 1. The Balaban J connectivity index is 2.79. The molecule has 2 amide bonds. The fourth-order valence-corrected chi connectivity index (χ4v) is 1.75. The molecule has 0 saturated heterocycles. The number of anilines is 1. The highest BCUT2D eigenvalue weighted by molar-refractivity contribution is 9.08. The summed E-state index contributed by atoms with van der Waals surface area (Å²) < 4.78 is 0.947. The molecule has 1 heterocycles. The van der Waals surface area contributed by atoms with Gasteiger partial charge in [-0.3, -0.25) is 4.79 Å². The number of alkyl halides is 1. The lowest BCUT2D eigenvalue weighted by Crippen LogP contribution is -2.37. The lowest BCUT2D eigenvalue weighted by molar-refractivity contribution is 0.246. The number of aromatic nitrogens is 1. The van der Waals surface area contributed by atoms with Crippen LogP contribution < -0.4 is 15.2 Å². The molecule has 3 N–H and O–H groups in total. The molecule has 0 saturated carbocycles. The van der Waals surface area contributed by atoms with Gasteiger partial charge in [0.25, 0.3) is 5.56 Å². The van der Waals surface area contributed by atoms with Crippen LogP contribution in [0.15, 0.2) is 17.1 Å². The molecule has 0 fully saturated rings. The van der Waals surface area contributed by atoms with Crippen molar-refractivity contribution in [2.45, 2.75) is 11.8 Å². The van der Waals surface area contributed by atoms with Gasteiger partial charge in [-0.15, -0.1) is 0 Å². The van der Waals surface area contributed by atoms with Gasteiger partial charge in [-0.2, -0.15) is 0 Å². The van der Waals surface area contributed by atoms with Crippen LogP contribution in [0.2, 0.25) is 0 Å². The summed E-state index contributed by atoms with van der Waals surface area (Å²) in [4.78, 5) is 25.8. The van der Waals surface area contributed by atoms with Crippen molar-refractivity contribution in [3.8, 4) is 0 Å². The van der Waals surface area contributed by atoms with E-state index >= 15 is 0 Å². The van der Waals surface area contributed by atoms with Crippen LogP contribution in [-0.4, -0.2) is 29.3 Å². The summed E-state index contributed by atoms with van der Waals surface area (Å²) in [7, 11) is 0. The van der Waals surface area contributed by atoms with E-state index in [-0.39, 0.29) is 12.3 Å². The molecule has 1 rings (SSSR count). The minimum Gasteiger partial charge on any atom is -0.396 e. The number of rotatable bonds is 5.